The number of aliphatic carboxylic acids is 1. The van der Waals surface area contributed by atoms with Crippen LogP contribution in [0.4, 0.5) is 0 Å². The fourth-order valence-electron chi connectivity index (χ4n) is 2.30. The van der Waals surface area contributed by atoms with Crippen LogP contribution in [0.15, 0.2) is 0 Å². The monoisotopic (exact) mass is 243 g/mol. The van der Waals surface area contributed by atoms with Gasteiger partial charge in [0, 0.05) is 13.2 Å². The summed E-state index contributed by atoms with van der Waals surface area (Å²) in [7, 11) is 0. The second kappa shape index (κ2) is 6.59. The molecule has 0 heterocycles. The number of carbonyl (C=O) groups is 2. The highest BCUT2D eigenvalue weighted by atomic mass is 16.4. The van der Waals surface area contributed by atoms with Crippen molar-refractivity contribution in [1.29, 1.82) is 0 Å². The lowest BCUT2D eigenvalue weighted by Gasteiger charge is -2.17. The Morgan fingerprint density at radius 2 is 2.00 bits per heavy atom. The minimum absolute atomic E-state index is 0.109. The highest BCUT2D eigenvalue weighted by Crippen LogP contribution is 2.32. The number of carboxylic acid groups (broad SMARTS) is 1. The molecule has 5 nitrogen and oxygen atoms in total. The number of hydrogen-bond donors (Lipinski definition) is 3. The van der Waals surface area contributed by atoms with Crippen LogP contribution in [0.3, 0.4) is 0 Å². The van der Waals surface area contributed by atoms with Gasteiger partial charge >= 0.3 is 5.97 Å². The Hall–Kier alpha value is -1.10. The summed E-state index contributed by atoms with van der Waals surface area (Å²) in [4.78, 5) is 22.8. The van der Waals surface area contributed by atoms with Crippen LogP contribution in [0.1, 0.15) is 32.6 Å². The molecule has 1 aliphatic rings. The van der Waals surface area contributed by atoms with Gasteiger partial charge in [0.15, 0.2) is 0 Å². The van der Waals surface area contributed by atoms with Gasteiger partial charge in [-0.3, -0.25) is 9.59 Å². The molecule has 5 heteroatoms. The quantitative estimate of drug-likeness (QED) is 0.638. The average Bonchev–Trinajstić information content (AvgIpc) is 2.75. The first-order chi connectivity index (χ1) is 8.06. The summed E-state index contributed by atoms with van der Waals surface area (Å²) in [5.74, 6) is -1.71. The van der Waals surface area contributed by atoms with Gasteiger partial charge in [-0.25, -0.2) is 0 Å². The number of aliphatic hydroxyl groups excluding tert-OH is 1. The maximum absolute atomic E-state index is 11.8. The lowest BCUT2D eigenvalue weighted by Crippen LogP contribution is -2.37. The van der Waals surface area contributed by atoms with Crippen LogP contribution >= 0.6 is 0 Å². The molecule has 0 aliphatic heterocycles. The Bertz CT molecular complexity index is 280. The summed E-state index contributed by atoms with van der Waals surface area (Å²) in [5.41, 5.74) is 0. The molecule has 0 spiro atoms. The Balaban J connectivity index is 2.39. The van der Waals surface area contributed by atoms with Gasteiger partial charge < -0.3 is 15.5 Å². The van der Waals surface area contributed by atoms with Crippen molar-refractivity contribution in [3.8, 4) is 0 Å². The van der Waals surface area contributed by atoms with E-state index >= 15 is 0 Å². The predicted octanol–water partition coefficient (Wildman–Crippen LogP) is 0.622. The summed E-state index contributed by atoms with van der Waals surface area (Å²) < 4.78 is 0. The highest BCUT2D eigenvalue weighted by Gasteiger charge is 2.37. The molecule has 0 aromatic heterocycles. The molecule has 0 aromatic carbocycles. The molecule has 0 aromatic rings. The van der Waals surface area contributed by atoms with Crippen molar-refractivity contribution in [1.82, 2.24) is 5.32 Å². The first kappa shape index (κ1) is 14.0. The third-order valence-corrected chi connectivity index (χ3v) is 3.42. The van der Waals surface area contributed by atoms with E-state index in [1.54, 1.807) is 0 Å². The van der Waals surface area contributed by atoms with Crippen LogP contribution in [-0.4, -0.2) is 35.2 Å². The minimum atomic E-state index is -0.869. The van der Waals surface area contributed by atoms with E-state index in [4.69, 9.17) is 10.2 Å². The predicted molar refractivity (Wildman–Crippen MR) is 62.3 cm³/mol. The maximum atomic E-state index is 11.8. The average molecular weight is 243 g/mol. The zero-order valence-electron chi connectivity index (χ0n) is 10.2. The molecule has 1 aliphatic carbocycles. The number of carboxylic acids is 1. The van der Waals surface area contributed by atoms with Crippen LogP contribution in [0.5, 0.6) is 0 Å². The summed E-state index contributed by atoms with van der Waals surface area (Å²) in [6.45, 7) is 2.56. The number of aliphatic hydroxyl groups is 1. The fraction of sp³-hybridized carbons (Fsp3) is 0.833. The number of nitrogens with one attached hydrogen (secondary N) is 1. The second-order valence-electron chi connectivity index (χ2n) is 4.84. The molecule has 3 N–H and O–H groups in total. The molecule has 3 atom stereocenters. The van der Waals surface area contributed by atoms with E-state index in [9.17, 15) is 9.59 Å². The zero-order valence-corrected chi connectivity index (χ0v) is 10.2. The third kappa shape index (κ3) is 4.00. The maximum Gasteiger partial charge on any atom is 0.307 e. The zero-order chi connectivity index (χ0) is 12.8. The normalized spacial score (nSPS) is 25.5. The molecule has 1 amide bonds. The van der Waals surface area contributed by atoms with Crippen LogP contribution in [0.25, 0.3) is 0 Å². The van der Waals surface area contributed by atoms with E-state index in [0.717, 1.165) is 6.42 Å². The standard InChI is InChI=1S/C12H21NO4/c1-8(5-6-14)7-13-11(15)9-3-2-4-10(9)12(16)17/h8-10,14H,2-7H2,1H3,(H,13,15)(H,16,17). The molecular formula is C12H21NO4. The van der Waals surface area contributed by atoms with E-state index in [2.05, 4.69) is 5.32 Å². The van der Waals surface area contributed by atoms with Gasteiger partial charge in [0.1, 0.15) is 0 Å². The lowest BCUT2D eigenvalue weighted by molar-refractivity contribution is -0.146. The van der Waals surface area contributed by atoms with Crippen LogP contribution in [-0.2, 0) is 9.59 Å². The molecule has 0 bridgehead atoms. The summed E-state index contributed by atoms with van der Waals surface area (Å²) >= 11 is 0. The molecule has 1 saturated carbocycles. The van der Waals surface area contributed by atoms with Crippen molar-refractivity contribution >= 4 is 11.9 Å². The van der Waals surface area contributed by atoms with Gasteiger partial charge in [-0.05, 0) is 25.2 Å². The molecule has 0 saturated heterocycles. The molecule has 17 heavy (non-hydrogen) atoms. The van der Waals surface area contributed by atoms with Crippen LogP contribution in [0.2, 0.25) is 0 Å². The van der Waals surface area contributed by atoms with Gasteiger partial charge in [0.05, 0.1) is 11.8 Å². The molecule has 3 unspecified atom stereocenters. The Morgan fingerprint density at radius 1 is 1.35 bits per heavy atom. The first-order valence-corrected chi connectivity index (χ1v) is 6.17. The minimum Gasteiger partial charge on any atom is -0.481 e. The summed E-state index contributed by atoms with van der Waals surface area (Å²) in [6.07, 6.45) is 2.71. The van der Waals surface area contributed by atoms with Gasteiger partial charge in [-0.15, -0.1) is 0 Å². The fourth-order valence-corrected chi connectivity index (χ4v) is 2.30. The molecule has 0 radical (unpaired) electrons. The van der Waals surface area contributed by atoms with E-state index in [0.29, 0.717) is 25.8 Å². The van der Waals surface area contributed by atoms with Crippen LogP contribution in [0, 0.1) is 17.8 Å². The van der Waals surface area contributed by atoms with E-state index in [-0.39, 0.29) is 24.3 Å². The second-order valence-corrected chi connectivity index (χ2v) is 4.84. The van der Waals surface area contributed by atoms with Gasteiger partial charge in [-0.2, -0.15) is 0 Å². The van der Waals surface area contributed by atoms with E-state index < -0.39 is 11.9 Å². The SMILES string of the molecule is CC(CCO)CNC(=O)C1CCCC1C(=O)O. The van der Waals surface area contributed by atoms with Crippen molar-refractivity contribution in [2.24, 2.45) is 17.8 Å². The first-order valence-electron chi connectivity index (χ1n) is 6.17. The van der Waals surface area contributed by atoms with Crippen molar-refractivity contribution < 1.29 is 19.8 Å². The number of amides is 1. The van der Waals surface area contributed by atoms with Crippen molar-refractivity contribution in [3.05, 3.63) is 0 Å². The molecule has 1 fully saturated rings. The number of carbonyl (C=O) groups excluding carboxylic acids is 1. The molecule has 98 valence electrons. The Morgan fingerprint density at radius 3 is 2.59 bits per heavy atom. The third-order valence-electron chi connectivity index (χ3n) is 3.42. The lowest BCUT2D eigenvalue weighted by atomic mass is 9.95. The van der Waals surface area contributed by atoms with Crippen molar-refractivity contribution in [2.75, 3.05) is 13.2 Å². The number of hydrogen-bond acceptors (Lipinski definition) is 3. The van der Waals surface area contributed by atoms with Gasteiger partial charge in [-0.1, -0.05) is 13.3 Å². The summed E-state index contributed by atoms with van der Waals surface area (Å²) in [6, 6.07) is 0. The topological polar surface area (TPSA) is 86.6 Å². The smallest absolute Gasteiger partial charge is 0.307 e. The van der Waals surface area contributed by atoms with Crippen LogP contribution < -0.4 is 5.32 Å². The number of rotatable bonds is 6. The van der Waals surface area contributed by atoms with E-state index in [1.165, 1.54) is 0 Å². The highest BCUT2D eigenvalue weighted by molar-refractivity contribution is 5.85. The van der Waals surface area contributed by atoms with Gasteiger partial charge in [0.25, 0.3) is 0 Å². The Kier molecular flexibility index (Phi) is 5.41. The molecular weight excluding hydrogens is 222 g/mol. The largest absolute Gasteiger partial charge is 0.481 e. The summed E-state index contributed by atoms with van der Waals surface area (Å²) in [5, 5.41) is 20.5. The van der Waals surface area contributed by atoms with Gasteiger partial charge in [0.2, 0.25) is 5.91 Å². The van der Waals surface area contributed by atoms with E-state index in [1.807, 2.05) is 6.92 Å². The molecule has 1 rings (SSSR count). The van der Waals surface area contributed by atoms with Crippen molar-refractivity contribution in [2.45, 2.75) is 32.6 Å². The van der Waals surface area contributed by atoms with Crippen molar-refractivity contribution in [3.63, 3.8) is 0 Å². The Labute approximate surface area is 101 Å².